The monoisotopic (exact) mass is 466 g/mol. The fourth-order valence-corrected chi connectivity index (χ4v) is 4.81. The number of hydrogen-bond acceptors (Lipinski definition) is 6. The average Bonchev–Trinajstić information content (AvgIpc) is 2.76. The number of benzene rings is 2. The van der Waals surface area contributed by atoms with Crippen molar-refractivity contribution in [2.75, 3.05) is 25.8 Å². The second-order valence-corrected chi connectivity index (χ2v) is 9.76. The Morgan fingerprint density at radius 3 is 2.29 bits per heavy atom. The van der Waals surface area contributed by atoms with E-state index in [4.69, 9.17) is 9.47 Å². The number of nitrogens with one attached hydrogen (secondary N) is 2. The maximum absolute atomic E-state index is 13.1. The van der Waals surface area contributed by atoms with Crippen LogP contribution in [0.25, 0.3) is 0 Å². The highest BCUT2D eigenvalue weighted by Crippen LogP contribution is 2.33. The zero-order chi connectivity index (χ0) is 23.2. The average molecular weight is 467 g/mol. The molecule has 0 aromatic heterocycles. The smallest absolute Gasteiger partial charge is 0.241 e. The Morgan fingerprint density at radius 2 is 1.74 bits per heavy atom. The van der Waals surface area contributed by atoms with Crippen molar-refractivity contribution in [1.82, 2.24) is 4.72 Å². The lowest BCUT2D eigenvalue weighted by Gasteiger charge is -2.20. The number of methoxy groups -OCH3 is 2. The van der Waals surface area contributed by atoms with Gasteiger partial charge in [-0.3, -0.25) is 4.79 Å². The highest BCUT2D eigenvalue weighted by Gasteiger charge is 2.23. The SMILES string of the molecule is CCC(NS(=O)(=O)c1ccc(SC)c(NC(=O)C(C)C)c1)c1ccc(OC)c(OC)c1. The van der Waals surface area contributed by atoms with E-state index in [0.29, 0.717) is 23.6 Å². The van der Waals surface area contributed by atoms with E-state index < -0.39 is 16.1 Å². The number of amides is 1. The Labute approximate surface area is 189 Å². The molecule has 0 bridgehead atoms. The van der Waals surface area contributed by atoms with E-state index in [1.165, 1.54) is 24.9 Å². The summed E-state index contributed by atoms with van der Waals surface area (Å²) in [5.41, 5.74) is 1.24. The van der Waals surface area contributed by atoms with Crippen molar-refractivity contribution in [3.63, 3.8) is 0 Å². The first-order valence-corrected chi connectivity index (χ1v) is 12.6. The van der Waals surface area contributed by atoms with Crippen LogP contribution in [0.3, 0.4) is 0 Å². The van der Waals surface area contributed by atoms with Crippen molar-refractivity contribution in [2.24, 2.45) is 5.92 Å². The molecule has 1 unspecified atom stereocenters. The van der Waals surface area contributed by atoms with Gasteiger partial charge in [-0.05, 0) is 48.6 Å². The first-order valence-electron chi connectivity index (χ1n) is 9.89. The third kappa shape index (κ3) is 6.15. The molecule has 0 heterocycles. The molecule has 0 spiro atoms. The van der Waals surface area contributed by atoms with E-state index in [1.54, 1.807) is 45.2 Å². The summed E-state index contributed by atoms with van der Waals surface area (Å²) in [6, 6.07) is 9.60. The number of thioether (sulfide) groups is 1. The topological polar surface area (TPSA) is 93.7 Å². The van der Waals surface area contributed by atoms with E-state index in [1.807, 2.05) is 19.2 Å². The Kier molecular flexibility index (Phi) is 8.79. The highest BCUT2D eigenvalue weighted by molar-refractivity contribution is 7.98. The van der Waals surface area contributed by atoms with Crippen LogP contribution in [0, 0.1) is 5.92 Å². The molecule has 2 rings (SSSR count). The minimum atomic E-state index is -3.84. The van der Waals surface area contributed by atoms with Gasteiger partial charge in [-0.1, -0.05) is 26.8 Å². The molecule has 0 saturated heterocycles. The van der Waals surface area contributed by atoms with Gasteiger partial charge in [0.1, 0.15) is 0 Å². The molecular weight excluding hydrogens is 436 g/mol. The van der Waals surface area contributed by atoms with Crippen molar-refractivity contribution >= 4 is 33.4 Å². The third-order valence-corrected chi connectivity index (χ3v) is 7.04. The van der Waals surface area contributed by atoms with Gasteiger partial charge in [0.2, 0.25) is 15.9 Å². The van der Waals surface area contributed by atoms with Gasteiger partial charge in [-0.25, -0.2) is 13.1 Å². The minimum absolute atomic E-state index is 0.0864. The summed E-state index contributed by atoms with van der Waals surface area (Å²) in [6.45, 7) is 5.46. The summed E-state index contributed by atoms with van der Waals surface area (Å²) in [7, 11) is -0.759. The molecule has 2 aromatic rings. The van der Waals surface area contributed by atoms with Crippen LogP contribution >= 0.6 is 11.8 Å². The van der Waals surface area contributed by atoms with E-state index in [0.717, 1.165) is 10.5 Å². The Bertz CT molecular complexity index is 1020. The molecule has 7 nitrogen and oxygen atoms in total. The summed E-state index contributed by atoms with van der Waals surface area (Å²) >= 11 is 1.44. The van der Waals surface area contributed by atoms with Crippen molar-refractivity contribution < 1.29 is 22.7 Å². The summed E-state index contributed by atoms with van der Waals surface area (Å²) in [6.07, 6.45) is 2.41. The zero-order valence-corrected chi connectivity index (χ0v) is 20.3. The fourth-order valence-electron chi connectivity index (χ4n) is 2.94. The molecule has 2 N–H and O–H groups in total. The van der Waals surface area contributed by atoms with Gasteiger partial charge in [-0.15, -0.1) is 11.8 Å². The zero-order valence-electron chi connectivity index (χ0n) is 18.7. The molecule has 31 heavy (non-hydrogen) atoms. The summed E-state index contributed by atoms with van der Waals surface area (Å²) in [4.78, 5) is 13.0. The van der Waals surface area contributed by atoms with E-state index in [-0.39, 0.29) is 16.7 Å². The van der Waals surface area contributed by atoms with Gasteiger partial charge in [0.05, 0.1) is 24.8 Å². The van der Waals surface area contributed by atoms with Gasteiger partial charge in [0, 0.05) is 16.9 Å². The Balaban J connectivity index is 2.36. The van der Waals surface area contributed by atoms with Crippen LogP contribution in [-0.2, 0) is 14.8 Å². The van der Waals surface area contributed by atoms with Crippen LogP contribution in [0.15, 0.2) is 46.2 Å². The summed E-state index contributed by atoms with van der Waals surface area (Å²) in [5.74, 6) is 0.708. The number of hydrogen-bond donors (Lipinski definition) is 2. The normalized spacial score (nSPS) is 12.5. The van der Waals surface area contributed by atoms with E-state index >= 15 is 0 Å². The second kappa shape index (κ2) is 10.9. The maximum Gasteiger partial charge on any atom is 0.241 e. The fraction of sp³-hybridized carbons (Fsp3) is 0.409. The van der Waals surface area contributed by atoms with Gasteiger partial charge >= 0.3 is 0 Å². The minimum Gasteiger partial charge on any atom is -0.493 e. The van der Waals surface area contributed by atoms with Crippen molar-refractivity contribution in [3.8, 4) is 11.5 Å². The third-order valence-electron chi connectivity index (χ3n) is 4.78. The number of anilines is 1. The van der Waals surface area contributed by atoms with Crippen LogP contribution < -0.4 is 19.5 Å². The number of rotatable bonds is 10. The molecule has 0 saturated carbocycles. The maximum atomic E-state index is 13.1. The first-order chi connectivity index (χ1) is 14.7. The lowest BCUT2D eigenvalue weighted by molar-refractivity contribution is -0.118. The highest BCUT2D eigenvalue weighted by atomic mass is 32.2. The van der Waals surface area contributed by atoms with Gasteiger partial charge < -0.3 is 14.8 Å². The van der Waals surface area contributed by atoms with Crippen LogP contribution in [-0.4, -0.2) is 34.8 Å². The number of ether oxygens (including phenoxy) is 2. The van der Waals surface area contributed by atoms with Gasteiger partial charge in [0.15, 0.2) is 11.5 Å². The number of carbonyl (C=O) groups excluding carboxylic acids is 1. The van der Waals surface area contributed by atoms with Crippen molar-refractivity contribution in [2.45, 2.75) is 43.0 Å². The summed E-state index contributed by atoms with van der Waals surface area (Å²) in [5, 5.41) is 2.82. The quantitative estimate of drug-likeness (QED) is 0.503. The molecule has 0 aliphatic carbocycles. The first kappa shape index (κ1) is 25.0. The standard InChI is InChI=1S/C22H30N2O5S2/c1-7-17(15-8-10-19(28-4)20(12-15)29-5)24-31(26,27)16-9-11-21(30-6)18(13-16)23-22(25)14(2)3/h8-14,17,24H,7H2,1-6H3,(H,23,25). The molecule has 1 atom stereocenters. The summed E-state index contributed by atoms with van der Waals surface area (Å²) < 4.78 is 39.6. The molecule has 2 aromatic carbocycles. The number of carbonyl (C=O) groups is 1. The van der Waals surface area contributed by atoms with Crippen LogP contribution in [0.2, 0.25) is 0 Å². The van der Waals surface area contributed by atoms with Crippen molar-refractivity contribution in [1.29, 1.82) is 0 Å². The molecule has 9 heteroatoms. The van der Waals surface area contributed by atoms with E-state index in [2.05, 4.69) is 10.0 Å². The molecule has 170 valence electrons. The molecule has 0 aliphatic heterocycles. The van der Waals surface area contributed by atoms with Crippen LogP contribution in [0.1, 0.15) is 38.8 Å². The Hall–Kier alpha value is -2.23. The van der Waals surface area contributed by atoms with Crippen molar-refractivity contribution in [3.05, 3.63) is 42.0 Å². The predicted octanol–water partition coefficient (Wildman–Crippen LogP) is 4.45. The van der Waals surface area contributed by atoms with Crippen LogP contribution in [0.4, 0.5) is 5.69 Å². The lowest BCUT2D eigenvalue weighted by Crippen LogP contribution is -2.28. The Morgan fingerprint density at radius 1 is 1.06 bits per heavy atom. The van der Waals surface area contributed by atoms with Gasteiger partial charge in [-0.2, -0.15) is 0 Å². The lowest BCUT2D eigenvalue weighted by atomic mass is 10.1. The second-order valence-electron chi connectivity index (χ2n) is 7.20. The van der Waals surface area contributed by atoms with E-state index in [9.17, 15) is 13.2 Å². The van der Waals surface area contributed by atoms with Gasteiger partial charge in [0.25, 0.3) is 0 Å². The predicted molar refractivity (Wildman–Crippen MR) is 125 cm³/mol. The molecule has 0 aliphatic rings. The largest absolute Gasteiger partial charge is 0.493 e. The molecular formula is C22H30N2O5S2. The molecule has 0 fully saturated rings. The molecule has 0 radical (unpaired) electrons. The number of sulfonamides is 1. The van der Waals surface area contributed by atoms with Crippen LogP contribution in [0.5, 0.6) is 11.5 Å². The molecule has 1 amide bonds.